The van der Waals surface area contributed by atoms with Crippen LogP contribution in [0.5, 0.6) is 0 Å². The van der Waals surface area contributed by atoms with Crippen molar-refractivity contribution in [3.8, 4) is 11.8 Å². The van der Waals surface area contributed by atoms with Gasteiger partial charge in [0.2, 0.25) is 5.91 Å². The summed E-state index contributed by atoms with van der Waals surface area (Å²) < 4.78 is 0. The fraction of sp³-hybridized carbons (Fsp3) is 0.471. The first-order chi connectivity index (χ1) is 9.44. The molecule has 1 aliphatic carbocycles. The molecule has 0 aromatic heterocycles. The van der Waals surface area contributed by atoms with Crippen molar-refractivity contribution in [3.05, 3.63) is 29.3 Å². The summed E-state index contributed by atoms with van der Waals surface area (Å²) in [4.78, 5) is 12.0. The van der Waals surface area contributed by atoms with Crippen molar-refractivity contribution in [2.45, 2.75) is 33.6 Å². The SMILES string of the molecule is Cc1cc(NC(=O)C2CC2(C)C)ccc1C#CCCO. The lowest BCUT2D eigenvalue weighted by Crippen LogP contribution is -2.16. The first kappa shape index (κ1) is 14.6. The Kier molecular flexibility index (Phi) is 4.15. The molecule has 3 nitrogen and oxygen atoms in total. The Bertz CT molecular complexity index is 578. The number of nitrogens with one attached hydrogen (secondary N) is 1. The van der Waals surface area contributed by atoms with Crippen molar-refractivity contribution in [2.24, 2.45) is 11.3 Å². The van der Waals surface area contributed by atoms with Gasteiger partial charge in [-0.05, 0) is 42.5 Å². The molecule has 1 unspecified atom stereocenters. The van der Waals surface area contributed by atoms with Crippen molar-refractivity contribution in [3.63, 3.8) is 0 Å². The van der Waals surface area contributed by atoms with Gasteiger partial charge in [-0.15, -0.1) is 0 Å². The third-order valence-electron chi connectivity index (χ3n) is 3.78. The summed E-state index contributed by atoms with van der Waals surface area (Å²) in [5, 5.41) is 11.7. The van der Waals surface area contributed by atoms with Gasteiger partial charge in [-0.3, -0.25) is 4.79 Å². The van der Waals surface area contributed by atoms with Crippen LogP contribution in [0.2, 0.25) is 0 Å². The number of hydrogen-bond donors (Lipinski definition) is 2. The number of benzene rings is 1. The Hall–Kier alpha value is -1.79. The van der Waals surface area contributed by atoms with Crippen molar-refractivity contribution in [1.82, 2.24) is 0 Å². The molecule has 0 spiro atoms. The van der Waals surface area contributed by atoms with Crippen LogP contribution in [-0.4, -0.2) is 17.6 Å². The average Bonchev–Trinajstić information content (AvgIpc) is 3.02. The van der Waals surface area contributed by atoms with E-state index < -0.39 is 0 Å². The van der Waals surface area contributed by atoms with Crippen molar-refractivity contribution in [2.75, 3.05) is 11.9 Å². The molecule has 106 valence electrons. The van der Waals surface area contributed by atoms with Crippen LogP contribution in [0.3, 0.4) is 0 Å². The third-order valence-corrected chi connectivity index (χ3v) is 3.78. The van der Waals surface area contributed by atoms with Crippen LogP contribution < -0.4 is 5.32 Å². The van der Waals surface area contributed by atoms with E-state index in [9.17, 15) is 4.79 Å². The van der Waals surface area contributed by atoms with Gasteiger partial charge in [0.15, 0.2) is 0 Å². The molecule has 0 bridgehead atoms. The molecule has 1 saturated carbocycles. The Morgan fingerprint density at radius 1 is 1.50 bits per heavy atom. The smallest absolute Gasteiger partial charge is 0.228 e. The molecule has 20 heavy (non-hydrogen) atoms. The number of rotatable bonds is 3. The summed E-state index contributed by atoms with van der Waals surface area (Å²) in [7, 11) is 0. The highest BCUT2D eigenvalue weighted by Crippen LogP contribution is 2.51. The molecule has 1 aromatic carbocycles. The van der Waals surface area contributed by atoms with Crippen LogP contribution in [0, 0.1) is 30.1 Å². The van der Waals surface area contributed by atoms with Crippen LogP contribution >= 0.6 is 0 Å². The topological polar surface area (TPSA) is 49.3 Å². The zero-order chi connectivity index (χ0) is 14.8. The van der Waals surface area contributed by atoms with E-state index in [0.29, 0.717) is 6.42 Å². The van der Waals surface area contributed by atoms with E-state index in [4.69, 9.17) is 5.11 Å². The number of amides is 1. The maximum absolute atomic E-state index is 12.0. The molecule has 2 rings (SSSR count). The van der Waals surface area contributed by atoms with E-state index in [-0.39, 0.29) is 23.8 Å². The molecular formula is C17H21NO2. The molecule has 1 aromatic rings. The van der Waals surface area contributed by atoms with Crippen LogP contribution in [-0.2, 0) is 4.79 Å². The number of aryl methyl sites for hydroxylation is 1. The summed E-state index contributed by atoms with van der Waals surface area (Å²) in [5.41, 5.74) is 2.93. The minimum atomic E-state index is 0.0807. The Morgan fingerprint density at radius 3 is 2.75 bits per heavy atom. The predicted molar refractivity (Wildman–Crippen MR) is 80.3 cm³/mol. The van der Waals surface area contributed by atoms with E-state index in [1.807, 2.05) is 25.1 Å². The molecule has 2 N–H and O–H groups in total. The summed E-state index contributed by atoms with van der Waals surface area (Å²) in [6.07, 6.45) is 1.44. The standard InChI is InChI=1S/C17H21NO2/c1-12-10-14(8-7-13(12)6-4-5-9-19)18-16(20)15-11-17(15,2)3/h7-8,10,15,19H,5,9,11H2,1-3H3,(H,18,20). The van der Waals surface area contributed by atoms with Crippen LogP contribution in [0.1, 0.15) is 37.8 Å². The molecule has 1 amide bonds. The molecule has 3 heteroatoms. The number of carbonyl (C=O) groups is 1. The highest BCUT2D eigenvalue weighted by Gasteiger charge is 2.50. The maximum atomic E-state index is 12.0. The van der Waals surface area contributed by atoms with Gasteiger partial charge in [0, 0.05) is 23.6 Å². The minimum Gasteiger partial charge on any atom is -0.395 e. The van der Waals surface area contributed by atoms with Gasteiger partial charge in [-0.2, -0.15) is 0 Å². The van der Waals surface area contributed by atoms with Crippen molar-refractivity contribution in [1.29, 1.82) is 0 Å². The highest BCUT2D eigenvalue weighted by molar-refractivity contribution is 5.95. The molecule has 0 saturated heterocycles. The summed E-state index contributed by atoms with van der Waals surface area (Å²) in [5.74, 6) is 6.16. The van der Waals surface area contributed by atoms with Crippen LogP contribution in [0.25, 0.3) is 0 Å². The van der Waals surface area contributed by atoms with Gasteiger partial charge >= 0.3 is 0 Å². The number of aliphatic hydroxyl groups is 1. The van der Waals surface area contributed by atoms with E-state index >= 15 is 0 Å². The highest BCUT2D eigenvalue weighted by atomic mass is 16.2. The molecule has 0 aliphatic heterocycles. The molecule has 0 heterocycles. The van der Waals surface area contributed by atoms with Gasteiger partial charge in [0.05, 0.1) is 6.61 Å². The number of aliphatic hydroxyl groups excluding tert-OH is 1. The van der Waals surface area contributed by atoms with E-state index in [2.05, 4.69) is 31.0 Å². The zero-order valence-corrected chi connectivity index (χ0v) is 12.3. The van der Waals surface area contributed by atoms with E-state index in [0.717, 1.165) is 23.2 Å². The zero-order valence-electron chi connectivity index (χ0n) is 12.3. The summed E-state index contributed by atoms with van der Waals surface area (Å²) >= 11 is 0. The van der Waals surface area contributed by atoms with Gasteiger partial charge in [0.1, 0.15) is 0 Å². The lowest BCUT2D eigenvalue weighted by Gasteiger charge is -2.08. The second kappa shape index (κ2) is 5.68. The number of anilines is 1. The number of carbonyl (C=O) groups excluding carboxylic acids is 1. The van der Waals surface area contributed by atoms with E-state index in [1.165, 1.54) is 0 Å². The first-order valence-corrected chi connectivity index (χ1v) is 6.95. The van der Waals surface area contributed by atoms with Gasteiger partial charge < -0.3 is 10.4 Å². The monoisotopic (exact) mass is 271 g/mol. The lowest BCUT2D eigenvalue weighted by atomic mass is 10.1. The van der Waals surface area contributed by atoms with Crippen LogP contribution in [0.15, 0.2) is 18.2 Å². The Balaban J connectivity index is 2.03. The molecule has 1 aliphatic rings. The van der Waals surface area contributed by atoms with Gasteiger partial charge in [-0.25, -0.2) is 0 Å². The third kappa shape index (κ3) is 3.40. The predicted octanol–water partition coefficient (Wildman–Crippen LogP) is 2.71. The molecule has 1 fully saturated rings. The van der Waals surface area contributed by atoms with E-state index in [1.54, 1.807) is 0 Å². The maximum Gasteiger partial charge on any atom is 0.228 e. The fourth-order valence-corrected chi connectivity index (χ4v) is 2.24. The van der Waals surface area contributed by atoms with Gasteiger partial charge in [0.25, 0.3) is 0 Å². The largest absolute Gasteiger partial charge is 0.395 e. The minimum absolute atomic E-state index is 0.0807. The van der Waals surface area contributed by atoms with Crippen molar-refractivity contribution >= 4 is 11.6 Å². The quantitative estimate of drug-likeness (QED) is 0.830. The average molecular weight is 271 g/mol. The second-order valence-corrected chi connectivity index (χ2v) is 6.04. The first-order valence-electron chi connectivity index (χ1n) is 6.95. The molecule has 0 radical (unpaired) electrons. The lowest BCUT2D eigenvalue weighted by molar-refractivity contribution is -0.118. The normalized spacial score (nSPS) is 18.9. The van der Waals surface area contributed by atoms with Crippen LogP contribution in [0.4, 0.5) is 5.69 Å². The Morgan fingerprint density at radius 2 is 2.20 bits per heavy atom. The Labute approximate surface area is 120 Å². The number of hydrogen-bond acceptors (Lipinski definition) is 2. The summed E-state index contributed by atoms with van der Waals surface area (Å²) in [6.45, 7) is 6.28. The molecule has 1 atom stereocenters. The molecular weight excluding hydrogens is 250 g/mol. The van der Waals surface area contributed by atoms with Crippen molar-refractivity contribution < 1.29 is 9.90 Å². The summed E-state index contributed by atoms with van der Waals surface area (Å²) in [6, 6.07) is 5.73. The van der Waals surface area contributed by atoms with Gasteiger partial charge in [-0.1, -0.05) is 25.7 Å². The second-order valence-electron chi connectivity index (χ2n) is 6.04. The fourth-order valence-electron chi connectivity index (χ4n) is 2.24.